The Bertz CT molecular complexity index is 760. The minimum absolute atomic E-state index is 0.217. The highest BCUT2D eigenvalue weighted by molar-refractivity contribution is 6.03. The maximum atomic E-state index is 12.7. The topological polar surface area (TPSA) is 36.1 Å². The number of H-pyrrole nitrogens is 1. The van der Waals surface area contributed by atoms with Crippen LogP contribution in [0.5, 0.6) is 0 Å². The van der Waals surface area contributed by atoms with Gasteiger partial charge in [-0.25, -0.2) is 0 Å². The predicted molar refractivity (Wildman–Crippen MR) is 110 cm³/mol. The molecule has 1 aromatic carbocycles. The number of carbonyl (C=O) groups excluding carboxylic acids is 1. The van der Waals surface area contributed by atoms with E-state index in [4.69, 9.17) is 0 Å². The fourth-order valence-corrected chi connectivity index (χ4v) is 4.31. The van der Waals surface area contributed by atoms with Crippen LogP contribution in [0.25, 0.3) is 10.9 Å². The molecule has 1 saturated heterocycles. The molecule has 2 aromatic rings. The summed E-state index contributed by atoms with van der Waals surface area (Å²) in [4.78, 5) is 18.7. The summed E-state index contributed by atoms with van der Waals surface area (Å²) in [6.07, 6.45) is 7.13. The Labute approximate surface area is 158 Å². The molecule has 1 N–H and O–H groups in total. The van der Waals surface area contributed by atoms with Gasteiger partial charge in [0.2, 0.25) is 0 Å². The number of aromatic amines is 1. The molecule has 1 unspecified atom stereocenters. The van der Waals surface area contributed by atoms with E-state index in [1.165, 1.54) is 49.7 Å². The third-order valence-corrected chi connectivity index (χ3v) is 5.96. The van der Waals surface area contributed by atoms with Crippen LogP contribution >= 0.6 is 0 Å². The normalized spacial score (nSPS) is 18.3. The van der Waals surface area contributed by atoms with Gasteiger partial charge in [-0.3, -0.25) is 4.79 Å². The number of nitrogens with zero attached hydrogens (tertiary/aromatic N) is 1. The molecule has 0 aliphatic carbocycles. The Balaban J connectivity index is 1.80. The molecule has 3 nitrogen and oxygen atoms in total. The van der Waals surface area contributed by atoms with Crippen molar-refractivity contribution in [3.8, 4) is 0 Å². The van der Waals surface area contributed by atoms with Gasteiger partial charge in [-0.05, 0) is 69.0 Å². The largest absolute Gasteiger partial charge is 0.361 e. The number of likely N-dealkylation sites (tertiary alicyclic amines) is 1. The smallest absolute Gasteiger partial charge is 0.168 e. The molecule has 3 rings (SSSR count). The molecular weight excluding hydrogens is 320 g/mol. The fourth-order valence-electron chi connectivity index (χ4n) is 4.31. The second-order valence-corrected chi connectivity index (χ2v) is 9.03. The van der Waals surface area contributed by atoms with E-state index in [2.05, 4.69) is 42.1 Å². The van der Waals surface area contributed by atoms with E-state index < -0.39 is 0 Å². The number of ketones is 1. The van der Waals surface area contributed by atoms with Gasteiger partial charge in [-0.1, -0.05) is 34.1 Å². The second-order valence-electron chi connectivity index (χ2n) is 9.03. The highest BCUT2D eigenvalue weighted by Crippen LogP contribution is 2.35. The van der Waals surface area contributed by atoms with Crippen molar-refractivity contribution in [2.24, 2.45) is 5.41 Å². The van der Waals surface area contributed by atoms with Crippen molar-refractivity contribution >= 4 is 16.7 Å². The number of Topliss-reactive ketones (excluding diaryl/α,β-unsaturated/α-hetero) is 1. The minimum atomic E-state index is -0.342. The van der Waals surface area contributed by atoms with Crippen LogP contribution in [0.2, 0.25) is 0 Å². The van der Waals surface area contributed by atoms with Crippen molar-refractivity contribution in [3.05, 3.63) is 35.5 Å². The van der Waals surface area contributed by atoms with Crippen LogP contribution in [-0.4, -0.2) is 34.8 Å². The molecule has 0 saturated carbocycles. The zero-order valence-corrected chi connectivity index (χ0v) is 17.1. The molecule has 1 aromatic heterocycles. The second kappa shape index (κ2) is 7.56. The summed E-state index contributed by atoms with van der Waals surface area (Å²) >= 11 is 0. The SMILES string of the molecule is CCCC(C)N1CCC(c2c[nH]c3ccc(C(=O)C(C)(C)C)cc23)CC1. The first-order valence-corrected chi connectivity index (χ1v) is 10.2. The molecule has 0 bridgehead atoms. The van der Waals surface area contributed by atoms with E-state index in [9.17, 15) is 4.79 Å². The quantitative estimate of drug-likeness (QED) is 0.692. The highest BCUT2D eigenvalue weighted by Gasteiger charge is 2.27. The average molecular weight is 355 g/mol. The number of hydrogen-bond donors (Lipinski definition) is 1. The third kappa shape index (κ3) is 3.88. The molecule has 142 valence electrons. The van der Waals surface area contributed by atoms with Gasteiger partial charge in [0.1, 0.15) is 0 Å². The van der Waals surface area contributed by atoms with Gasteiger partial charge in [0, 0.05) is 34.1 Å². The average Bonchev–Trinajstić information content (AvgIpc) is 3.03. The molecule has 2 heterocycles. The van der Waals surface area contributed by atoms with Gasteiger partial charge in [0.15, 0.2) is 5.78 Å². The van der Waals surface area contributed by atoms with Crippen molar-refractivity contribution < 1.29 is 4.79 Å². The van der Waals surface area contributed by atoms with Crippen LogP contribution in [0.15, 0.2) is 24.4 Å². The number of rotatable bonds is 5. The Morgan fingerprint density at radius 2 is 1.96 bits per heavy atom. The van der Waals surface area contributed by atoms with Crippen LogP contribution < -0.4 is 0 Å². The molecule has 3 heteroatoms. The van der Waals surface area contributed by atoms with Crippen molar-refractivity contribution in [1.82, 2.24) is 9.88 Å². The summed E-state index contributed by atoms with van der Waals surface area (Å²) in [6, 6.07) is 6.84. The maximum Gasteiger partial charge on any atom is 0.168 e. The van der Waals surface area contributed by atoms with Crippen molar-refractivity contribution in [1.29, 1.82) is 0 Å². The van der Waals surface area contributed by atoms with Crippen LogP contribution in [0.4, 0.5) is 0 Å². The summed E-state index contributed by atoms with van der Waals surface area (Å²) in [5, 5.41) is 1.24. The molecule has 1 aliphatic rings. The Kier molecular flexibility index (Phi) is 5.57. The number of nitrogens with one attached hydrogen (secondary N) is 1. The van der Waals surface area contributed by atoms with E-state index in [1.54, 1.807) is 0 Å². The molecule has 0 spiro atoms. The number of benzene rings is 1. The molecular formula is C23H34N2O. The molecule has 26 heavy (non-hydrogen) atoms. The lowest BCUT2D eigenvalue weighted by Crippen LogP contribution is -2.39. The van der Waals surface area contributed by atoms with E-state index in [-0.39, 0.29) is 11.2 Å². The lowest BCUT2D eigenvalue weighted by atomic mass is 9.84. The van der Waals surface area contributed by atoms with Gasteiger partial charge in [0.25, 0.3) is 0 Å². The lowest BCUT2D eigenvalue weighted by molar-refractivity contribution is 0.0858. The number of aromatic nitrogens is 1. The first-order chi connectivity index (χ1) is 12.3. The van der Waals surface area contributed by atoms with Crippen molar-refractivity contribution in [2.75, 3.05) is 13.1 Å². The number of fused-ring (bicyclic) bond motifs is 1. The lowest BCUT2D eigenvalue weighted by Gasteiger charge is -2.36. The van der Waals surface area contributed by atoms with Crippen LogP contribution in [0, 0.1) is 5.41 Å². The zero-order valence-electron chi connectivity index (χ0n) is 17.1. The van der Waals surface area contributed by atoms with Crippen LogP contribution in [-0.2, 0) is 0 Å². The van der Waals surface area contributed by atoms with Gasteiger partial charge >= 0.3 is 0 Å². The van der Waals surface area contributed by atoms with E-state index in [0.29, 0.717) is 12.0 Å². The molecule has 1 atom stereocenters. The standard InChI is InChI=1S/C23H34N2O/c1-6-7-16(2)25-12-10-17(11-13-25)20-15-24-21-9-8-18(14-19(20)21)22(26)23(3,4)5/h8-9,14-17,24H,6-7,10-13H2,1-5H3. The van der Waals surface area contributed by atoms with Crippen molar-refractivity contribution in [2.45, 2.75) is 72.3 Å². The van der Waals surface area contributed by atoms with Crippen LogP contribution in [0.3, 0.4) is 0 Å². The summed E-state index contributed by atoms with van der Waals surface area (Å²) in [5.74, 6) is 0.809. The molecule has 0 amide bonds. The molecule has 1 fully saturated rings. The monoisotopic (exact) mass is 354 g/mol. The van der Waals surface area contributed by atoms with E-state index >= 15 is 0 Å². The summed E-state index contributed by atoms with van der Waals surface area (Å²) in [5.41, 5.74) is 3.03. The first-order valence-electron chi connectivity index (χ1n) is 10.2. The number of piperidine rings is 1. The summed E-state index contributed by atoms with van der Waals surface area (Å²) in [6.45, 7) is 13.0. The Morgan fingerprint density at radius 3 is 2.58 bits per heavy atom. The number of carbonyl (C=O) groups is 1. The maximum absolute atomic E-state index is 12.7. The number of hydrogen-bond acceptors (Lipinski definition) is 2. The predicted octanol–water partition coefficient (Wildman–Crippen LogP) is 5.76. The van der Waals surface area contributed by atoms with Crippen LogP contribution in [0.1, 0.15) is 82.1 Å². The van der Waals surface area contributed by atoms with Gasteiger partial charge in [-0.2, -0.15) is 0 Å². The van der Waals surface area contributed by atoms with Gasteiger partial charge in [0.05, 0.1) is 0 Å². The third-order valence-electron chi connectivity index (χ3n) is 5.96. The summed E-state index contributed by atoms with van der Waals surface area (Å²) in [7, 11) is 0. The van der Waals surface area contributed by atoms with E-state index in [1.807, 2.05) is 26.8 Å². The van der Waals surface area contributed by atoms with Gasteiger partial charge < -0.3 is 9.88 Å². The highest BCUT2D eigenvalue weighted by atomic mass is 16.1. The zero-order chi connectivity index (χ0) is 18.9. The molecule has 1 aliphatic heterocycles. The van der Waals surface area contributed by atoms with Gasteiger partial charge in [-0.15, -0.1) is 0 Å². The minimum Gasteiger partial charge on any atom is -0.361 e. The fraction of sp³-hybridized carbons (Fsp3) is 0.609. The Hall–Kier alpha value is -1.61. The van der Waals surface area contributed by atoms with Crippen molar-refractivity contribution in [3.63, 3.8) is 0 Å². The Morgan fingerprint density at radius 1 is 1.27 bits per heavy atom. The summed E-state index contributed by atoms with van der Waals surface area (Å²) < 4.78 is 0. The molecule has 0 radical (unpaired) electrons. The van der Waals surface area contributed by atoms with E-state index in [0.717, 1.165) is 11.1 Å². The first kappa shape index (κ1) is 19.2.